The highest BCUT2D eigenvalue weighted by Gasteiger charge is 2.23. The van der Waals surface area contributed by atoms with E-state index < -0.39 is 10.0 Å². The van der Waals surface area contributed by atoms with Crippen LogP contribution in [-0.4, -0.2) is 8.42 Å². The highest BCUT2D eigenvalue weighted by Crippen LogP contribution is 2.34. The van der Waals surface area contributed by atoms with Crippen LogP contribution >= 0.6 is 23.2 Å². The Morgan fingerprint density at radius 1 is 1.00 bits per heavy atom. The molecule has 0 saturated heterocycles. The number of halogens is 2. The van der Waals surface area contributed by atoms with E-state index in [1.165, 1.54) is 0 Å². The first-order valence-corrected chi connectivity index (χ1v) is 8.30. The van der Waals surface area contributed by atoms with Crippen molar-refractivity contribution in [1.29, 1.82) is 0 Å². The molecule has 2 rings (SSSR count). The quantitative estimate of drug-likeness (QED) is 0.826. The molecule has 7 heteroatoms. The van der Waals surface area contributed by atoms with Gasteiger partial charge in [-0.15, -0.1) is 0 Å². The third-order valence-electron chi connectivity index (χ3n) is 3.08. The Hall–Kier alpha value is -1.43. The summed E-state index contributed by atoms with van der Waals surface area (Å²) in [5.41, 5.74) is 7.50. The van der Waals surface area contributed by atoms with E-state index in [-0.39, 0.29) is 26.3 Å². The van der Waals surface area contributed by atoms with Crippen LogP contribution in [0.3, 0.4) is 0 Å². The fourth-order valence-corrected chi connectivity index (χ4v) is 4.08. The monoisotopic (exact) mass is 344 g/mol. The minimum atomic E-state index is -3.89. The lowest BCUT2D eigenvalue weighted by atomic mass is 10.1. The van der Waals surface area contributed by atoms with Crippen molar-refractivity contribution in [2.45, 2.75) is 18.7 Å². The summed E-state index contributed by atoms with van der Waals surface area (Å²) in [5.74, 6) is 0. The molecule has 0 aromatic heterocycles. The van der Waals surface area contributed by atoms with E-state index >= 15 is 0 Å². The molecule has 2 aromatic rings. The number of hydrogen-bond donors (Lipinski definition) is 2. The number of para-hydroxylation sites is 1. The van der Waals surface area contributed by atoms with Gasteiger partial charge in [0, 0.05) is 0 Å². The summed E-state index contributed by atoms with van der Waals surface area (Å²) in [5, 5.41) is 0.435. The minimum absolute atomic E-state index is 0.0403. The highest BCUT2D eigenvalue weighted by atomic mass is 35.5. The lowest BCUT2D eigenvalue weighted by molar-refractivity contribution is 0.601. The first-order chi connectivity index (χ1) is 9.74. The van der Waals surface area contributed by atoms with Gasteiger partial charge in [0.1, 0.15) is 4.90 Å². The Morgan fingerprint density at radius 2 is 1.52 bits per heavy atom. The van der Waals surface area contributed by atoms with E-state index in [0.717, 1.165) is 0 Å². The van der Waals surface area contributed by atoms with Gasteiger partial charge in [-0.3, -0.25) is 4.72 Å². The molecule has 2 aromatic carbocycles. The largest absolute Gasteiger partial charge is 0.397 e. The Bertz CT molecular complexity index is 785. The van der Waals surface area contributed by atoms with Gasteiger partial charge >= 0.3 is 0 Å². The maximum Gasteiger partial charge on any atom is 0.264 e. The van der Waals surface area contributed by atoms with Crippen LogP contribution in [-0.2, 0) is 10.0 Å². The van der Waals surface area contributed by atoms with Gasteiger partial charge < -0.3 is 5.73 Å². The molecule has 0 spiro atoms. The molecular weight excluding hydrogens is 331 g/mol. The Balaban J connectivity index is 2.57. The number of hydrogen-bond acceptors (Lipinski definition) is 3. The fraction of sp³-hybridized carbons (Fsp3) is 0.143. The van der Waals surface area contributed by atoms with Crippen molar-refractivity contribution in [2.75, 3.05) is 10.5 Å². The average Bonchev–Trinajstić information content (AvgIpc) is 2.39. The van der Waals surface area contributed by atoms with Crippen LogP contribution in [0, 0.1) is 13.8 Å². The summed E-state index contributed by atoms with van der Waals surface area (Å²) in [4.78, 5) is 0.0403. The van der Waals surface area contributed by atoms with Crippen molar-refractivity contribution in [3.05, 3.63) is 51.5 Å². The molecule has 0 aliphatic rings. The second-order valence-electron chi connectivity index (χ2n) is 4.64. The van der Waals surface area contributed by atoms with E-state index in [0.29, 0.717) is 11.1 Å². The van der Waals surface area contributed by atoms with Crippen molar-refractivity contribution in [1.82, 2.24) is 0 Å². The molecule has 0 bridgehead atoms. The first-order valence-electron chi connectivity index (χ1n) is 6.06. The van der Waals surface area contributed by atoms with Crippen molar-refractivity contribution in [3.63, 3.8) is 0 Å². The molecule has 112 valence electrons. The third kappa shape index (κ3) is 3.10. The number of anilines is 2. The van der Waals surface area contributed by atoms with Gasteiger partial charge in [-0.25, -0.2) is 8.42 Å². The number of nitrogen functional groups attached to an aromatic ring is 1. The van der Waals surface area contributed by atoms with Gasteiger partial charge in [-0.1, -0.05) is 41.4 Å². The molecule has 21 heavy (non-hydrogen) atoms. The Morgan fingerprint density at radius 3 is 2.10 bits per heavy atom. The van der Waals surface area contributed by atoms with Crippen LogP contribution in [0.25, 0.3) is 0 Å². The smallest absolute Gasteiger partial charge is 0.264 e. The third-order valence-corrected chi connectivity index (χ3v) is 5.26. The summed E-state index contributed by atoms with van der Waals surface area (Å²) >= 11 is 12.0. The van der Waals surface area contributed by atoms with E-state index in [1.807, 2.05) is 0 Å². The standard InChI is InChI=1S/C14H14Cl2N2O2S/c1-8-6-7-9(2)14(12(8)17)21(19,20)18-13-10(15)4-3-5-11(13)16/h3-7,18H,17H2,1-2H3. The molecule has 0 aliphatic heterocycles. The van der Waals surface area contributed by atoms with Gasteiger partial charge in [0.05, 0.1) is 21.4 Å². The van der Waals surface area contributed by atoms with Crippen LogP contribution in [0.4, 0.5) is 11.4 Å². The van der Waals surface area contributed by atoms with Gasteiger partial charge in [0.25, 0.3) is 10.0 Å². The SMILES string of the molecule is Cc1ccc(C)c(S(=O)(=O)Nc2c(Cl)cccc2Cl)c1N. The van der Waals surface area contributed by atoms with Crippen molar-refractivity contribution >= 4 is 44.6 Å². The van der Waals surface area contributed by atoms with Crippen LogP contribution in [0.2, 0.25) is 10.0 Å². The number of sulfonamides is 1. The molecule has 0 heterocycles. The summed E-state index contributed by atoms with van der Waals surface area (Å²) in [6.45, 7) is 3.43. The van der Waals surface area contributed by atoms with E-state index in [9.17, 15) is 8.42 Å². The lowest BCUT2D eigenvalue weighted by Gasteiger charge is -2.15. The maximum absolute atomic E-state index is 12.6. The number of aryl methyl sites for hydroxylation is 2. The summed E-state index contributed by atoms with van der Waals surface area (Å²) < 4.78 is 27.6. The maximum atomic E-state index is 12.6. The number of nitrogens with one attached hydrogen (secondary N) is 1. The topological polar surface area (TPSA) is 72.2 Å². The Labute approximate surface area is 133 Å². The van der Waals surface area contributed by atoms with E-state index in [1.54, 1.807) is 44.2 Å². The van der Waals surface area contributed by atoms with Gasteiger partial charge in [-0.2, -0.15) is 0 Å². The van der Waals surface area contributed by atoms with Crippen molar-refractivity contribution in [2.24, 2.45) is 0 Å². The lowest BCUT2D eigenvalue weighted by Crippen LogP contribution is -2.17. The second kappa shape index (κ2) is 5.75. The number of rotatable bonds is 3. The summed E-state index contributed by atoms with van der Waals surface area (Å²) in [6.07, 6.45) is 0. The first kappa shape index (κ1) is 15.9. The molecule has 0 fully saturated rings. The predicted molar refractivity (Wildman–Crippen MR) is 87.6 cm³/mol. The molecule has 0 amide bonds. The fourth-order valence-electron chi connectivity index (χ4n) is 1.94. The molecule has 0 aliphatic carbocycles. The highest BCUT2D eigenvalue weighted by molar-refractivity contribution is 7.93. The van der Waals surface area contributed by atoms with Gasteiger partial charge in [-0.05, 0) is 37.1 Å². The van der Waals surface area contributed by atoms with Crippen molar-refractivity contribution < 1.29 is 8.42 Å². The second-order valence-corrected chi connectivity index (χ2v) is 7.08. The van der Waals surface area contributed by atoms with Crippen LogP contribution in [0.15, 0.2) is 35.2 Å². The molecule has 0 saturated carbocycles. The van der Waals surface area contributed by atoms with E-state index in [4.69, 9.17) is 28.9 Å². The molecular formula is C14H14Cl2N2O2S. The normalized spacial score (nSPS) is 11.4. The summed E-state index contributed by atoms with van der Waals surface area (Å²) in [7, 11) is -3.89. The Kier molecular flexibility index (Phi) is 4.37. The molecule has 0 unspecified atom stereocenters. The van der Waals surface area contributed by atoms with E-state index in [2.05, 4.69) is 4.72 Å². The zero-order chi connectivity index (χ0) is 15.8. The molecule has 0 atom stereocenters. The summed E-state index contributed by atoms with van der Waals surface area (Å²) in [6, 6.07) is 8.21. The van der Waals surface area contributed by atoms with Crippen LogP contribution < -0.4 is 10.5 Å². The molecule has 0 radical (unpaired) electrons. The molecule has 4 nitrogen and oxygen atoms in total. The van der Waals surface area contributed by atoms with Crippen LogP contribution in [0.1, 0.15) is 11.1 Å². The zero-order valence-corrected chi connectivity index (χ0v) is 13.8. The predicted octanol–water partition coefficient (Wildman–Crippen LogP) is 3.99. The van der Waals surface area contributed by atoms with Gasteiger partial charge in [0.15, 0.2) is 0 Å². The van der Waals surface area contributed by atoms with Crippen molar-refractivity contribution in [3.8, 4) is 0 Å². The van der Waals surface area contributed by atoms with Gasteiger partial charge in [0.2, 0.25) is 0 Å². The minimum Gasteiger partial charge on any atom is -0.397 e. The molecule has 3 N–H and O–H groups in total. The number of nitrogens with two attached hydrogens (primary N) is 1. The zero-order valence-electron chi connectivity index (χ0n) is 11.4. The number of benzene rings is 2. The average molecular weight is 345 g/mol. The van der Waals surface area contributed by atoms with Crippen LogP contribution in [0.5, 0.6) is 0 Å².